The molecule has 3 rings (SSSR count). The van der Waals surface area contributed by atoms with Gasteiger partial charge in [-0.3, -0.25) is 0 Å². The van der Waals surface area contributed by atoms with Gasteiger partial charge < -0.3 is 0 Å². The van der Waals surface area contributed by atoms with Crippen LogP contribution in [0.25, 0.3) is 0 Å². The number of alkyl halides is 1. The van der Waals surface area contributed by atoms with Crippen LogP contribution in [0.5, 0.6) is 0 Å². The third-order valence-corrected chi connectivity index (χ3v) is 8.52. The summed E-state index contributed by atoms with van der Waals surface area (Å²) in [5.41, 5.74) is 0.303. The zero-order valence-electron chi connectivity index (χ0n) is 14.3. The smallest absolute Gasteiger partial charge is 0.194 e. The molecule has 0 radical (unpaired) electrons. The lowest BCUT2D eigenvalue weighted by molar-refractivity contribution is 0.0392. The molecule has 0 aromatic heterocycles. The van der Waals surface area contributed by atoms with Gasteiger partial charge in [-0.25, -0.2) is 17.1 Å². The lowest BCUT2D eigenvalue weighted by Gasteiger charge is -2.56. The molecule has 2 atom stereocenters. The molecule has 142 valence electrons. The molecular formula is C19H20BrClF2O2S. The van der Waals surface area contributed by atoms with Crippen LogP contribution in [0.1, 0.15) is 30.6 Å². The monoisotopic (exact) mass is 464 g/mol. The Morgan fingerprint density at radius 2 is 1.85 bits per heavy atom. The third-order valence-electron chi connectivity index (χ3n) is 4.50. The molecular weight excluding hydrogens is 446 g/mol. The first-order valence-electron chi connectivity index (χ1n) is 8.35. The molecule has 2 unspecified atom stereocenters. The number of hydrogen-bond acceptors (Lipinski definition) is 2. The Balaban J connectivity index is 2.09. The van der Waals surface area contributed by atoms with Crippen molar-refractivity contribution < 1.29 is 17.1 Å². The van der Waals surface area contributed by atoms with E-state index < -0.39 is 27.5 Å². The van der Waals surface area contributed by atoms with E-state index in [1.807, 2.05) is 19.1 Å². The molecule has 1 heterocycles. The first kappa shape index (κ1) is 20.1. The highest BCUT2D eigenvalue weighted by atomic mass is 79.9. The minimum absolute atomic E-state index is 0.0369. The molecule has 1 saturated heterocycles. The summed E-state index contributed by atoms with van der Waals surface area (Å²) in [6.07, 6.45) is 1.76. The van der Waals surface area contributed by atoms with Gasteiger partial charge in [0.2, 0.25) is 0 Å². The maximum atomic E-state index is 14.7. The maximum absolute atomic E-state index is 14.7. The van der Waals surface area contributed by atoms with Crippen molar-refractivity contribution in [3.8, 4) is 0 Å². The molecule has 2 nitrogen and oxygen atoms in total. The van der Waals surface area contributed by atoms with E-state index in [-0.39, 0.29) is 12.7 Å². The van der Waals surface area contributed by atoms with Crippen LogP contribution in [0.3, 0.4) is 0 Å². The number of halogens is 4. The van der Waals surface area contributed by atoms with E-state index in [1.54, 1.807) is 12.1 Å². The average molecular weight is 466 g/mol. The molecule has 0 saturated carbocycles. The van der Waals surface area contributed by atoms with Gasteiger partial charge in [0.15, 0.2) is 6.79 Å². The minimum atomic E-state index is -2.24. The van der Waals surface area contributed by atoms with Crippen LogP contribution in [-0.2, 0) is 8.37 Å². The van der Waals surface area contributed by atoms with Gasteiger partial charge >= 0.3 is 0 Å². The van der Waals surface area contributed by atoms with E-state index in [9.17, 15) is 8.78 Å². The van der Waals surface area contributed by atoms with Crippen molar-refractivity contribution in [1.29, 1.82) is 0 Å². The van der Waals surface area contributed by atoms with Crippen LogP contribution in [-0.4, -0.2) is 12.1 Å². The fourth-order valence-electron chi connectivity index (χ4n) is 3.27. The topological polar surface area (TPSA) is 18.5 Å². The van der Waals surface area contributed by atoms with E-state index in [2.05, 4.69) is 15.9 Å². The summed E-state index contributed by atoms with van der Waals surface area (Å²) in [7, 11) is -2.24. The largest absolute Gasteiger partial charge is 0.248 e. The molecule has 2 aromatic rings. The summed E-state index contributed by atoms with van der Waals surface area (Å²) in [4.78, 5) is 0.826. The molecule has 0 bridgehead atoms. The lowest BCUT2D eigenvalue weighted by Crippen LogP contribution is -2.31. The van der Waals surface area contributed by atoms with Crippen molar-refractivity contribution in [2.75, 3.05) is 12.1 Å². The molecule has 1 aliphatic heterocycles. The van der Waals surface area contributed by atoms with Crippen molar-refractivity contribution in [1.82, 2.24) is 0 Å². The second kappa shape index (κ2) is 8.57. The van der Waals surface area contributed by atoms with Gasteiger partial charge in [0, 0.05) is 15.9 Å². The van der Waals surface area contributed by atoms with Crippen molar-refractivity contribution in [3.05, 3.63) is 64.7 Å². The Bertz CT molecular complexity index is 756. The Hall–Kier alpha value is -0.660. The van der Waals surface area contributed by atoms with E-state index in [4.69, 9.17) is 20.0 Å². The maximum Gasteiger partial charge on any atom is 0.194 e. The summed E-state index contributed by atoms with van der Waals surface area (Å²) in [6, 6.07) is 10.8. The zero-order valence-corrected chi connectivity index (χ0v) is 17.4. The van der Waals surface area contributed by atoms with E-state index in [1.165, 1.54) is 12.1 Å². The molecule has 0 spiro atoms. The molecule has 0 amide bonds. The SMILES string of the molecule is CC(CCCBr)C(c1cc(F)ccc1F)S1(c2ccc(Cl)cc2)OCO1. The van der Waals surface area contributed by atoms with E-state index in [0.29, 0.717) is 10.6 Å². The predicted octanol–water partition coefficient (Wildman–Crippen LogP) is 7.17. The molecule has 1 aliphatic rings. The van der Waals surface area contributed by atoms with Crippen LogP contribution < -0.4 is 0 Å². The van der Waals surface area contributed by atoms with Crippen molar-refractivity contribution in [3.63, 3.8) is 0 Å². The van der Waals surface area contributed by atoms with E-state index in [0.717, 1.165) is 29.1 Å². The van der Waals surface area contributed by atoms with Gasteiger partial charge in [-0.15, -0.1) is 0 Å². The number of rotatable bonds is 7. The summed E-state index contributed by atoms with van der Waals surface area (Å²) >= 11 is 9.45. The third kappa shape index (κ3) is 3.94. The van der Waals surface area contributed by atoms with Gasteiger partial charge in [0.05, 0.1) is 10.1 Å². The molecule has 2 aromatic carbocycles. The quantitative estimate of drug-likeness (QED) is 0.404. The van der Waals surface area contributed by atoms with Crippen LogP contribution in [0.4, 0.5) is 8.78 Å². The van der Waals surface area contributed by atoms with Crippen LogP contribution in [0, 0.1) is 17.6 Å². The summed E-state index contributed by atoms with van der Waals surface area (Å²) < 4.78 is 40.6. The van der Waals surface area contributed by atoms with Gasteiger partial charge in [0.25, 0.3) is 0 Å². The highest BCUT2D eigenvalue weighted by molar-refractivity contribution is 9.09. The Morgan fingerprint density at radius 1 is 1.15 bits per heavy atom. The molecule has 0 N–H and O–H groups in total. The highest BCUT2D eigenvalue weighted by Gasteiger charge is 2.45. The minimum Gasteiger partial charge on any atom is -0.248 e. The second-order valence-corrected chi connectivity index (χ2v) is 10.0. The van der Waals surface area contributed by atoms with Gasteiger partial charge in [-0.05, 0) is 61.2 Å². The van der Waals surface area contributed by atoms with Crippen LogP contribution >= 0.6 is 38.1 Å². The standard InChI is InChI=1S/C19H20BrClF2O2S/c1-13(3-2-10-20)19(17-11-15(22)6-9-18(17)23)26(24-12-25-26)16-7-4-14(21)5-8-16/h4-9,11,13,19H,2-3,10,12H2,1H3. The fourth-order valence-corrected chi connectivity index (χ4v) is 6.66. The van der Waals surface area contributed by atoms with E-state index >= 15 is 0 Å². The Kier molecular flexibility index (Phi) is 6.62. The highest BCUT2D eigenvalue weighted by Crippen LogP contribution is 2.75. The Labute approximate surface area is 167 Å². The normalized spacial score (nSPS) is 19.4. The Morgan fingerprint density at radius 3 is 2.42 bits per heavy atom. The summed E-state index contributed by atoms with van der Waals surface area (Å²) in [6.45, 7) is 2.18. The zero-order chi connectivity index (χ0) is 18.7. The van der Waals surface area contributed by atoms with Gasteiger partial charge in [0.1, 0.15) is 11.6 Å². The lowest BCUT2D eigenvalue weighted by atomic mass is 9.96. The van der Waals surface area contributed by atoms with Crippen molar-refractivity contribution in [2.45, 2.75) is 29.9 Å². The van der Waals surface area contributed by atoms with Crippen molar-refractivity contribution >= 4 is 38.1 Å². The average Bonchev–Trinajstić information content (AvgIpc) is 2.59. The molecule has 26 heavy (non-hydrogen) atoms. The molecule has 0 aliphatic carbocycles. The summed E-state index contributed by atoms with van der Waals surface area (Å²) in [5.74, 6) is -0.874. The summed E-state index contributed by atoms with van der Waals surface area (Å²) in [5, 5.41) is 1.04. The molecule has 1 fully saturated rings. The number of hydrogen-bond donors (Lipinski definition) is 0. The fraction of sp³-hybridized carbons (Fsp3) is 0.368. The molecule has 7 heteroatoms. The van der Waals surface area contributed by atoms with Gasteiger partial charge in [-0.2, -0.15) is 10.6 Å². The second-order valence-electron chi connectivity index (χ2n) is 6.25. The van der Waals surface area contributed by atoms with Crippen LogP contribution in [0.15, 0.2) is 47.4 Å². The first-order valence-corrected chi connectivity index (χ1v) is 11.4. The van der Waals surface area contributed by atoms with Gasteiger partial charge in [-0.1, -0.05) is 34.5 Å². The first-order chi connectivity index (χ1) is 12.5. The predicted molar refractivity (Wildman–Crippen MR) is 106 cm³/mol. The van der Waals surface area contributed by atoms with Crippen LogP contribution in [0.2, 0.25) is 5.02 Å². The number of benzene rings is 2. The van der Waals surface area contributed by atoms with Crippen molar-refractivity contribution in [2.24, 2.45) is 5.92 Å².